The second-order valence-corrected chi connectivity index (χ2v) is 3.80. The topological polar surface area (TPSA) is 15.8 Å². The predicted molar refractivity (Wildman–Crippen MR) is 64.9 cm³/mol. The van der Waals surface area contributed by atoms with E-state index in [0.717, 1.165) is 6.42 Å². The average molecular weight is 194 g/mol. The smallest absolute Gasteiger partial charge is 0.0465 e. The van der Waals surface area contributed by atoms with Gasteiger partial charge in [0, 0.05) is 21.8 Å². The minimum Gasteiger partial charge on any atom is -0.355 e. The molecule has 0 aliphatic heterocycles. The Morgan fingerprint density at radius 3 is 2.60 bits per heavy atom. The quantitative estimate of drug-likeness (QED) is 0.608. The van der Waals surface area contributed by atoms with Crippen molar-refractivity contribution in [3.05, 3.63) is 55.0 Å². The molecule has 0 bridgehead atoms. The average Bonchev–Trinajstić information content (AvgIpc) is 2.66. The summed E-state index contributed by atoms with van der Waals surface area (Å²) in [5.41, 5.74) is 3.69. The molecule has 0 spiro atoms. The summed E-state index contributed by atoms with van der Waals surface area (Å²) in [6, 6.07) is 14.9. The molecule has 0 saturated heterocycles. The van der Waals surface area contributed by atoms with E-state index in [1.165, 1.54) is 27.4 Å². The van der Waals surface area contributed by atoms with Gasteiger partial charge < -0.3 is 4.98 Å². The number of para-hydroxylation sites is 1. The van der Waals surface area contributed by atoms with E-state index in [2.05, 4.69) is 54.4 Å². The van der Waals surface area contributed by atoms with Gasteiger partial charge in [0.1, 0.15) is 0 Å². The van der Waals surface area contributed by atoms with Crippen LogP contribution in [0, 0.1) is 6.92 Å². The summed E-state index contributed by atoms with van der Waals surface area (Å²) >= 11 is 0. The van der Waals surface area contributed by atoms with E-state index in [1.807, 2.05) is 0 Å². The lowest BCUT2D eigenvalue weighted by Crippen LogP contribution is -1.78. The first-order valence-electron chi connectivity index (χ1n) is 5.17. The van der Waals surface area contributed by atoms with Crippen molar-refractivity contribution in [3.8, 4) is 0 Å². The zero-order valence-electron chi connectivity index (χ0n) is 8.46. The molecule has 15 heavy (non-hydrogen) atoms. The first-order chi connectivity index (χ1) is 7.38. The van der Waals surface area contributed by atoms with E-state index in [0.29, 0.717) is 0 Å². The summed E-state index contributed by atoms with van der Waals surface area (Å²) in [5.74, 6) is 0. The zero-order valence-corrected chi connectivity index (χ0v) is 8.46. The van der Waals surface area contributed by atoms with Crippen LogP contribution in [0.2, 0.25) is 0 Å². The molecule has 0 amide bonds. The first-order valence-corrected chi connectivity index (χ1v) is 5.17. The lowest BCUT2D eigenvalue weighted by atomic mass is 10.1. The van der Waals surface area contributed by atoms with Gasteiger partial charge in [-0.1, -0.05) is 24.3 Å². The second-order valence-electron chi connectivity index (χ2n) is 3.80. The van der Waals surface area contributed by atoms with Crippen molar-refractivity contribution in [1.82, 2.24) is 4.98 Å². The molecule has 1 N–H and O–H groups in total. The van der Waals surface area contributed by atoms with E-state index in [9.17, 15) is 0 Å². The molecule has 0 aliphatic carbocycles. The highest BCUT2D eigenvalue weighted by molar-refractivity contribution is 6.07. The van der Waals surface area contributed by atoms with E-state index in [4.69, 9.17) is 0 Å². The third-order valence-electron chi connectivity index (χ3n) is 2.86. The van der Waals surface area contributed by atoms with Gasteiger partial charge in [0.15, 0.2) is 0 Å². The summed E-state index contributed by atoms with van der Waals surface area (Å²) in [5, 5.41) is 2.59. The van der Waals surface area contributed by atoms with Crippen LogP contribution in [0.25, 0.3) is 21.8 Å². The van der Waals surface area contributed by atoms with Crippen LogP contribution in [0.15, 0.2) is 42.5 Å². The van der Waals surface area contributed by atoms with Gasteiger partial charge in [-0.15, -0.1) is 0 Å². The van der Waals surface area contributed by atoms with Crippen LogP contribution in [0.4, 0.5) is 0 Å². The predicted octanol–water partition coefficient (Wildman–Crippen LogP) is 3.70. The van der Waals surface area contributed by atoms with Gasteiger partial charge in [-0.05, 0) is 37.1 Å². The highest BCUT2D eigenvalue weighted by Crippen LogP contribution is 2.25. The van der Waals surface area contributed by atoms with Crippen LogP contribution in [-0.4, -0.2) is 4.98 Å². The third kappa shape index (κ3) is 1.23. The van der Waals surface area contributed by atoms with E-state index in [1.54, 1.807) is 0 Å². The lowest BCUT2D eigenvalue weighted by Gasteiger charge is -1.96. The van der Waals surface area contributed by atoms with Crippen LogP contribution < -0.4 is 0 Å². The molecule has 0 atom stereocenters. The number of aromatic amines is 1. The van der Waals surface area contributed by atoms with Crippen LogP contribution in [-0.2, 0) is 6.42 Å². The molecular weight excluding hydrogens is 182 g/mol. The van der Waals surface area contributed by atoms with Gasteiger partial charge in [-0.3, -0.25) is 0 Å². The minimum atomic E-state index is 0.843. The number of H-pyrrole nitrogens is 1. The fourth-order valence-electron chi connectivity index (χ4n) is 2.05. The molecule has 3 aromatic rings. The SMILES string of the molecule is [CH2]Cc1ccc2[nH]c3ccccc3c2c1. The van der Waals surface area contributed by atoms with Crippen molar-refractivity contribution >= 4 is 21.8 Å². The van der Waals surface area contributed by atoms with Crippen molar-refractivity contribution in [2.75, 3.05) is 0 Å². The van der Waals surface area contributed by atoms with Crippen molar-refractivity contribution in [2.24, 2.45) is 0 Å². The Morgan fingerprint density at radius 1 is 0.933 bits per heavy atom. The molecule has 1 aromatic heterocycles. The van der Waals surface area contributed by atoms with Gasteiger partial charge in [0.25, 0.3) is 0 Å². The summed E-state index contributed by atoms with van der Waals surface area (Å²) < 4.78 is 0. The van der Waals surface area contributed by atoms with E-state index in [-0.39, 0.29) is 0 Å². The second kappa shape index (κ2) is 3.13. The maximum absolute atomic E-state index is 3.92. The van der Waals surface area contributed by atoms with Crippen LogP contribution >= 0.6 is 0 Å². The normalized spacial score (nSPS) is 11.3. The van der Waals surface area contributed by atoms with Gasteiger partial charge in [-0.25, -0.2) is 0 Å². The number of nitrogens with one attached hydrogen (secondary N) is 1. The number of aromatic nitrogens is 1. The zero-order chi connectivity index (χ0) is 10.3. The van der Waals surface area contributed by atoms with Crippen LogP contribution in [0.5, 0.6) is 0 Å². The lowest BCUT2D eigenvalue weighted by molar-refractivity contribution is 1.28. The summed E-state index contributed by atoms with van der Waals surface area (Å²) in [6.07, 6.45) is 0.843. The Bertz CT molecular complexity index is 619. The van der Waals surface area contributed by atoms with Crippen molar-refractivity contribution in [2.45, 2.75) is 6.42 Å². The van der Waals surface area contributed by atoms with Crippen molar-refractivity contribution in [1.29, 1.82) is 0 Å². The molecular formula is C14H12N. The number of fused-ring (bicyclic) bond motifs is 3. The largest absolute Gasteiger partial charge is 0.355 e. The number of rotatable bonds is 1. The van der Waals surface area contributed by atoms with Gasteiger partial charge in [-0.2, -0.15) is 0 Å². The Balaban J connectivity index is 2.46. The molecule has 0 fully saturated rings. The number of hydrogen-bond acceptors (Lipinski definition) is 0. The third-order valence-corrected chi connectivity index (χ3v) is 2.86. The maximum Gasteiger partial charge on any atom is 0.0465 e. The monoisotopic (exact) mass is 194 g/mol. The van der Waals surface area contributed by atoms with E-state index >= 15 is 0 Å². The standard InChI is InChI=1S/C14H12N/c1-2-10-7-8-14-12(9-10)11-5-3-4-6-13(11)15-14/h3-9,15H,1-2H2. The Kier molecular flexibility index (Phi) is 1.78. The Hall–Kier alpha value is -1.76. The fraction of sp³-hybridized carbons (Fsp3) is 0.0714. The van der Waals surface area contributed by atoms with Crippen molar-refractivity contribution < 1.29 is 0 Å². The molecule has 1 nitrogen and oxygen atoms in total. The number of benzene rings is 2. The molecule has 0 aliphatic rings. The Labute approximate surface area is 88.7 Å². The molecule has 1 heteroatoms. The fourth-order valence-corrected chi connectivity index (χ4v) is 2.05. The first kappa shape index (κ1) is 8.54. The Morgan fingerprint density at radius 2 is 1.73 bits per heavy atom. The molecule has 73 valence electrons. The van der Waals surface area contributed by atoms with Gasteiger partial charge in [0.05, 0.1) is 0 Å². The number of hydrogen-bond donors (Lipinski definition) is 1. The summed E-state index contributed by atoms with van der Waals surface area (Å²) in [7, 11) is 0. The van der Waals surface area contributed by atoms with Gasteiger partial charge in [0.2, 0.25) is 0 Å². The van der Waals surface area contributed by atoms with E-state index < -0.39 is 0 Å². The molecule has 2 aromatic carbocycles. The minimum absolute atomic E-state index is 0.843. The molecule has 1 radical (unpaired) electrons. The van der Waals surface area contributed by atoms with Crippen molar-refractivity contribution in [3.63, 3.8) is 0 Å². The highest BCUT2D eigenvalue weighted by Gasteiger charge is 2.03. The summed E-state index contributed by atoms with van der Waals surface area (Å²) in [4.78, 5) is 3.41. The highest BCUT2D eigenvalue weighted by atomic mass is 14.7. The van der Waals surface area contributed by atoms with Gasteiger partial charge >= 0.3 is 0 Å². The molecule has 0 unspecified atom stereocenters. The molecule has 0 saturated carbocycles. The maximum atomic E-state index is 3.92. The molecule has 3 rings (SSSR count). The summed E-state index contributed by atoms with van der Waals surface area (Å²) in [6.45, 7) is 3.92. The molecule has 1 heterocycles. The van der Waals surface area contributed by atoms with Crippen LogP contribution in [0.1, 0.15) is 5.56 Å². The van der Waals surface area contributed by atoms with Crippen LogP contribution in [0.3, 0.4) is 0 Å².